The molecular formula is C27H25NO3. The van der Waals surface area contributed by atoms with E-state index in [2.05, 4.69) is 43.4 Å². The Balaban J connectivity index is 1.88. The van der Waals surface area contributed by atoms with Crippen LogP contribution in [0, 0.1) is 6.92 Å². The third-order valence-electron chi connectivity index (χ3n) is 5.04. The Morgan fingerprint density at radius 1 is 0.871 bits per heavy atom. The second-order valence-corrected chi connectivity index (χ2v) is 7.38. The van der Waals surface area contributed by atoms with Gasteiger partial charge in [0.1, 0.15) is 0 Å². The van der Waals surface area contributed by atoms with Crippen molar-refractivity contribution in [2.45, 2.75) is 19.8 Å². The average molecular weight is 412 g/mol. The van der Waals surface area contributed by atoms with Crippen LogP contribution >= 0.6 is 0 Å². The van der Waals surface area contributed by atoms with Crippen molar-refractivity contribution < 1.29 is 14.7 Å². The smallest absolute Gasteiger partial charge is 0.328 e. The van der Waals surface area contributed by atoms with E-state index in [-0.39, 0.29) is 11.8 Å². The summed E-state index contributed by atoms with van der Waals surface area (Å²) < 4.78 is 0. The van der Waals surface area contributed by atoms with Crippen LogP contribution in [0.1, 0.15) is 40.7 Å². The van der Waals surface area contributed by atoms with Crippen LogP contribution in [0.5, 0.6) is 0 Å². The normalized spacial score (nSPS) is 12.2. The Kier molecular flexibility index (Phi) is 7.17. The highest BCUT2D eigenvalue weighted by atomic mass is 16.4. The Bertz CT molecular complexity index is 1110. The molecule has 1 amide bonds. The largest absolute Gasteiger partial charge is 0.478 e. The number of anilines is 1. The Morgan fingerprint density at radius 2 is 1.55 bits per heavy atom. The Labute approximate surface area is 182 Å². The van der Waals surface area contributed by atoms with Crippen LogP contribution in [0.4, 0.5) is 5.69 Å². The van der Waals surface area contributed by atoms with Crippen LogP contribution in [0.15, 0.2) is 84.9 Å². The van der Waals surface area contributed by atoms with Gasteiger partial charge >= 0.3 is 5.97 Å². The van der Waals surface area contributed by atoms with Crippen LogP contribution in [0.3, 0.4) is 0 Å². The molecule has 156 valence electrons. The van der Waals surface area contributed by atoms with Gasteiger partial charge in [0.2, 0.25) is 5.91 Å². The fourth-order valence-corrected chi connectivity index (χ4v) is 3.22. The summed E-state index contributed by atoms with van der Waals surface area (Å²) in [5.41, 5.74) is 5.51. The van der Waals surface area contributed by atoms with Gasteiger partial charge in [-0.3, -0.25) is 4.79 Å². The maximum absolute atomic E-state index is 12.5. The molecule has 0 aromatic heterocycles. The quantitative estimate of drug-likeness (QED) is 0.476. The first-order chi connectivity index (χ1) is 14.9. The molecule has 0 heterocycles. The molecule has 0 radical (unpaired) electrons. The van der Waals surface area contributed by atoms with Crippen LogP contribution < -0.4 is 5.32 Å². The lowest BCUT2D eigenvalue weighted by Crippen LogP contribution is -2.10. The number of carbonyl (C=O) groups excluding carboxylic acids is 1. The number of aliphatic carboxylic acids is 1. The minimum atomic E-state index is -1.04. The molecule has 4 nitrogen and oxygen atoms in total. The summed E-state index contributed by atoms with van der Waals surface area (Å²) in [5, 5.41) is 11.9. The number of carboxylic acids is 1. The minimum absolute atomic E-state index is 0.119. The number of hydrogen-bond donors (Lipinski definition) is 2. The molecule has 3 aromatic carbocycles. The van der Waals surface area contributed by atoms with Crippen molar-refractivity contribution in [3.05, 3.63) is 113 Å². The standard InChI is InChI=1S/C27H25NO3/c1-19-8-11-22(12-9-19)20(2)24-14-13-23(15-17-27(30)31)25(18-24)28-26(29)16-10-21-6-4-3-5-7-21/h3-18,20H,1-2H3,(H,28,29)(H,30,31). The number of hydrogen-bond acceptors (Lipinski definition) is 2. The van der Waals surface area contributed by atoms with E-state index >= 15 is 0 Å². The molecule has 0 fully saturated rings. The molecule has 0 saturated carbocycles. The van der Waals surface area contributed by atoms with E-state index in [1.807, 2.05) is 48.5 Å². The summed E-state index contributed by atoms with van der Waals surface area (Å²) in [7, 11) is 0. The fraction of sp³-hybridized carbons (Fsp3) is 0.111. The Morgan fingerprint density at radius 3 is 2.23 bits per heavy atom. The highest BCUT2D eigenvalue weighted by molar-refractivity contribution is 6.03. The zero-order valence-electron chi connectivity index (χ0n) is 17.6. The molecule has 1 atom stereocenters. The number of aryl methyl sites for hydroxylation is 1. The highest BCUT2D eigenvalue weighted by Crippen LogP contribution is 2.29. The zero-order chi connectivity index (χ0) is 22.2. The molecule has 3 aromatic rings. The van der Waals surface area contributed by atoms with Crippen molar-refractivity contribution in [1.29, 1.82) is 0 Å². The number of nitrogens with one attached hydrogen (secondary N) is 1. The summed E-state index contributed by atoms with van der Waals surface area (Å²) in [6.07, 6.45) is 5.75. The third kappa shape index (κ3) is 6.28. The van der Waals surface area contributed by atoms with Gasteiger partial charge in [-0.25, -0.2) is 4.79 Å². The van der Waals surface area contributed by atoms with E-state index in [0.29, 0.717) is 11.3 Å². The molecule has 3 rings (SSSR count). The zero-order valence-corrected chi connectivity index (χ0v) is 17.6. The molecular weight excluding hydrogens is 386 g/mol. The molecule has 0 bridgehead atoms. The lowest BCUT2D eigenvalue weighted by atomic mass is 9.91. The van der Waals surface area contributed by atoms with Crippen molar-refractivity contribution in [2.24, 2.45) is 0 Å². The van der Waals surface area contributed by atoms with Crippen molar-refractivity contribution >= 4 is 29.7 Å². The van der Waals surface area contributed by atoms with Crippen molar-refractivity contribution in [3.63, 3.8) is 0 Å². The number of carbonyl (C=O) groups is 2. The summed E-state index contributed by atoms with van der Waals surface area (Å²) in [6.45, 7) is 4.16. The summed E-state index contributed by atoms with van der Waals surface area (Å²) in [6, 6.07) is 23.6. The summed E-state index contributed by atoms with van der Waals surface area (Å²) in [5.74, 6) is -1.21. The lowest BCUT2D eigenvalue weighted by molar-refractivity contribution is -0.131. The topological polar surface area (TPSA) is 66.4 Å². The van der Waals surface area contributed by atoms with Crippen molar-refractivity contribution in [3.8, 4) is 0 Å². The predicted octanol–water partition coefficient (Wildman–Crippen LogP) is 5.90. The molecule has 0 aliphatic rings. The van der Waals surface area contributed by atoms with Crippen molar-refractivity contribution in [1.82, 2.24) is 0 Å². The molecule has 0 aliphatic carbocycles. The first-order valence-corrected chi connectivity index (χ1v) is 10.1. The monoisotopic (exact) mass is 411 g/mol. The average Bonchev–Trinajstić information content (AvgIpc) is 2.77. The first-order valence-electron chi connectivity index (χ1n) is 10.1. The van der Waals surface area contributed by atoms with E-state index in [1.54, 1.807) is 6.08 Å². The minimum Gasteiger partial charge on any atom is -0.478 e. The number of carboxylic acid groups (broad SMARTS) is 1. The van der Waals surface area contributed by atoms with Gasteiger partial charge in [-0.15, -0.1) is 0 Å². The predicted molar refractivity (Wildman–Crippen MR) is 126 cm³/mol. The lowest BCUT2D eigenvalue weighted by Gasteiger charge is -2.16. The second-order valence-electron chi connectivity index (χ2n) is 7.38. The maximum Gasteiger partial charge on any atom is 0.328 e. The number of benzene rings is 3. The van der Waals surface area contributed by atoms with Crippen LogP contribution in [0.2, 0.25) is 0 Å². The van der Waals surface area contributed by atoms with Gasteiger partial charge in [0, 0.05) is 23.8 Å². The van der Waals surface area contributed by atoms with Gasteiger partial charge in [-0.1, -0.05) is 79.2 Å². The van der Waals surface area contributed by atoms with Gasteiger partial charge < -0.3 is 10.4 Å². The van der Waals surface area contributed by atoms with Crippen LogP contribution in [-0.2, 0) is 9.59 Å². The fourth-order valence-electron chi connectivity index (χ4n) is 3.22. The van der Waals surface area contributed by atoms with Gasteiger partial charge in [0.25, 0.3) is 0 Å². The van der Waals surface area contributed by atoms with E-state index < -0.39 is 5.97 Å². The SMILES string of the molecule is Cc1ccc(C(C)c2ccc(C=CC(=O)O)c(NC(=O)C=Cc3ccccc3)c2)cc1. The molecule has 1 unspecified atom stereocenters. The van der Waals surface area contributed by atoms with Crippen LogP contribution in [0.25, 0.3) is 12.2 Å². The van der Waals surface area contributed by atoms with E-state index in [4.69, 9.17) is 5.11 Å². The number of amides is 1. The molecule has 0 saturated heterocycles. The van der Waals surface area contributed by atoms with Crippen LogP contribution in [-0.4, -0.2) is 17.0 Å². The summed E-state index contributed by atoms with van der Waals surface area (Å²) >= 11 is 0. The number of rotatable bonds is 7. The summed E-state index contributed by atoms with van der Waals surface area (Å²) in [4.78, 5) is 23.5. The highest BCUT2D eigenvalue weighted by Gasteiger charge is 2.12. The van der Waals surface area contributed by atoms with E-state index in [1.165, 1.54) is 23.3 Å². The molecule has 4 heteroatoms. The van der Waals surface area contributed by atoms with Gasteiger partial charge in [-0.05, 0) is 47.4 Å². The van der Waals surface area contributed by atoms with E-state index in [9.17, 15) is 9.59 Å². The first kappa shape index (κ1) is 21.8. The van der Waals surface area contributed by atoms with Crippen molar-refractivity contribution in [2.75, 3.05) is 5.32 Å². The molecule has 0 aliphatic heterocycles. The second kappa shape index (κ2) is 10.2. The maximum atomic E-state index is 12.5. The van der Waals surface area contributed by atoms with Gasteiger partial charge in [-0.2, -0.15) is 0 Å². The third-order valence-corrected chi connectivity index (χ3v) is 5.04. The molecule has 0 spiro atoms. The van der Waals surface area contributed by atoms with E-state index in [0.717, 1.165) is 17.2 Å². The Hall–Kier alpha value is -3.92. The molecule has 2 N–H and O–H groups in total. The van der Waals surface area contributed by atoms with Gasteiger partial charge in [0.15, 0.2) is 0 Å². The van der Waals surface area contributed by atoms with Gasteiger partial charge in [0.05, 0.1) is 0 Å². The molecule has 31 heavy (non-hydrogen) atoms.